The lowest BCUT2D eigenvalue weighted by Gasteiger charge is -2.20. The first-order valence-corrected chi connectivity index (χ1v) is 6.62. The number of amides is 1. The lowest BCUT2D eigenvalue weighted by Crippen LogP contribution is -2.34. The van der Waals surface area contributed by atoms with Crippen LogP contribution in [-0.2, 0) is 6.54 Å². The maximum absolute atomic E-state index is 12.2. The molecule has 0 saturated heterocycles. The summed E-state index contributed by atoms with van der Waals surface area (Å²) in [5.41, 5.74) is 0.0737. The maximum Gasteiger partial charge on any atom is 0.274 e. The summed E-state index contributed by atoms with van der Waals surface area (Å²) >= 11 is 0. The van der Waals surface area contributed by atoms with Crippen LogP contribution in [0.5, 0.6) is 0 Å². The zero-order chi connectivity index (χ0) is 14.3. The van der Waals surface area contributed by atoms with Crippen molar-refractivity contribution in [2.24, 2.45) is 0 Å². The predicted molar refractivity (Wildman–Crippen MR) is 72.1 cm³/mol. The summed E-state index contributed by atoms with van der Waals surface area (Å²) < 4.78 is 1.31. The summed E-state index contributed by atoms with van der Waals surface area (Å²) in [5, 5.41) is 12.9. The third-order valence-corrected chi connectivity index (χ3v) is 2.78. The number of nitrogens with zero attached hydrogens (tertiary/aromatic N) is 3. The Morgan fingerprint density at radius 2 is 2.16 bits per heavy atom. The van der Waals surface area contributed by atoms with Gasteiger partial charge in [-0.1, -0.05) is 6.92 Å². The Hall–Kier alpha value is -1.69. The summed E-state index contributed by atoms with van der Waals surface area (Å²) in [6, 6.07) is 2.83. The van der Waals surface area contributed by atoms with Gasteiger partial charge in [0.05, 0.1) is 0 Å². The van der Waals surface area contributed by atoms with Crippen molar-refractivity contribution >= 4 is 5.91 Å². The van der Waals surface area contributed by atoms with Gasteiger partial charge in [-0.25, -0.2) is 4.68 Å². The molecule has 1 aromatic heterocycles. The van der Waals surface area contributed by atoms with E-state index < -0.39 is 0 Å². The van der Waals surface area contributed by atoms with E-state index in [1.54, 1.807) is 4.90 Å². The number of aliphatic hydroxyl groups is 1. The molecule has 0 unspecified atom stereocenters. The Bertz CT molecular complexity index is 470. The second-order valence-electron chi connectivity index (χ2n) is 4.24. The van der Waals surface area contributed by atoms with Crippen LogP contribution < -0.4 is 5.56 Å². The SMILES string of the molecule is CCCn1nc(C(=O)N(CC)CCCO)ccc1=O. The van der Waals surface area contributed by atoms with Gasteiger partial charge in [-0.2, -0.15) is 5.10 Å². The number of rotatable bonds is 7. The van der Waals surface area contributed by atoms with Crippen LogP contribution in [0.2, 0.25) is 0 Å². The summed E-state index contributed by atoms with van der Waals surface area (Å²) in [6.07, 6.45) is 1.32. The van der Waals surface area contributed by atoms with E-state index in [0.717, 1.165) is 6.42 Å². The van der Waals surface area contributed by atoms with Crippen LogP contribution in [0.1, 0.15) is 37.2 Å². The molecule has 0 spiro atoms. The highest BCUT2D eigenvalue weighted by Gasteiger charge is 2.16. The van der Waals surface area contributed by atoms with E-state index in [-0.39, 0.29) is 23.8 Å². The van der Waals surface area contributed by atoms with Gasteiger partial charge in [-0.05, 0) is 25.8 Å². The van der Waals surface area contributed by atoms with E-state index in [1.807, 2.05) is 13.8 Å². The normalized spacial score (nSPS) is 10.5. The highest BCUT2D eigenvalue weighted by atomic mass is 16.3. The number of carbonyl (C=O) groups is 1. The molecule has 0 aliphatic carbocycles. The molecule has 0 fully saturated rings. The van der Waals surface area contributed by atoms with E-state index in [1.165, 1.54) is 16.8 Å². The van der Waals surface area contributed by atoms with Crippen LogP contribution in [0.25, 0.3) is 0 Å². The Morgan fingerprint density at radius 1 is 1.42 bits per heavy atom. The highest BCUT2D eigenvalue weighted by molar-refractivity contribution is 5.92. The van der Waals surface area contributed by atoms with Crippen LogP contribution in [0.15, 0.2) is 16.9 Å². The summed E-state index contributed by atoms with van der Waals surface area (Å²) in [4.78, 5) is 25.4. The van der Waals surface area contributed by atoms with Crippen LogP contribution in [-0.4, -0.2) is 45.4 Å². The first-order chi connectivity index (χ1) is 9.13. The van der Waals surface area contributed by atoms with Gasteiger partial charge in [0.2, 0.25) is 0 Å². The molecular formula is C13H21N3O3. The largest absolute Gasteiger partial charge is 0.396 e. The number of aromatic nitrogens is 2. The van der Waals surface area contributed by atoms with E-state index in [2.05, 4.69) is 5.10 Å². The van der Waals surface area contributed by atoms with Crippen molar-refractivity contribution in [3.8, 4) is 0 Å². The molecule has 0 atom stereocenters. The summed E-state index contributed by atoms with van der Waals surface area (Å²) in [6.45, 7) is 5.41. The van der Waals surface area contributed by atoms with E-state index in [0.29, 0.717) is 26.1 Å². The molecule has 6 heteroatoms. The molecule has 0 bridgehead atoms. The Labute approximate surface area is 112 Å². The molecule has 106 valence electrons. The minimum atomic E-state index is -0.208. The molecule has 1 aromatic rings. The first-order valence-electron chi connectivity index (χ1n) is 6.62. The van der Waals surface area contributed by atoms with Gasteiger partial charge in [0, 0.05) is 32.3 Å². The van der Waals surface area contributed by atoms with Crippen molar-refractivity contribution in [1.29, 1.82) is 0 Å². The molecule has 1 N–H and O–H groups in total. The monoisotopic (exact) mass is 267 g/mol. The highest BCUT2D eigenvalue weighted by Crippen LogP contribution is 2.01. The van der Waals surface area contributed by atoms with Gasteiger partial charge in [-0.3, -0.25) is 9.59 Å². The zero-order valence-electron chi connectivity index (χ0n) is 11.5. The molecule has 0 aliphatic heterocycles. The third kappa shape index (κ3) is 4.17. The minimum absolute atomic E-state index is 0.0482. The van der Waals surface area contributed by atoms with Gasteiger partial charge in [0.1, 0.15) is 5.69 Å². The maximum atomic E-state index is 12.2. The van der Waals surface area contributed by atoms with Gasteiger partial charge in [-0.15, -0.1) is 0 Å². The third-order valence-electron chi connectivity index (χ3n) is 2.78. The van der Waals surface area contributed by atoms with Crippen LogP contribution in [0, 0.1) is 0 Å². The molecular weight excluding hydrogens is 246 g/mol. The van der Waals surface area contributed by atoms with Crippen LogP contribution in [0.4, 0.5) is 0 Å². The first kappa shape index (κ1) is 15.4. The topological polar surface area (TPSA) is 75.4 Å². The minimum Gasteiger partial charge on any atom is -0.396 e. The molecule has 0 saturated carbocycles. The van der Waals surface area contributed by atoms with Gasteiger partial charge >= 0.3 is 0 Å². The lowest BCUT2D eigenvalue weighted by molar-refractivity contribution is 0.0745. The molecule has 19 heavy (non-hydrogen) atoms. The average molecular weight is 267 g/mol. The fourth-order valence-corrected chi connectivity index (χ4v) is 1.76. The fourth-order valence-electron chi connectivity index (χ4n) is 1.76. The van der Waals surface area contributed by atoms with E-state index in [4.69, 9.17) is 5.11 Å². The van der Waals surface area contributed by atoms with Crippen molar-refractivity contribution < 1.29 is 9.90 Å². The van der Waals surface area contributed by atoms with Crippen molar-refractivity contribution in [3.63, 3.8) is 0 Å². The molecule has 0 aliphatic rings. The molecule has 1 rings (SSSR count). The molecule has 0 aromatic carbocycles. The Morgan fingerprint density at radius 3 is 2.74 bits per heavy atom. The number of aryl methyl sites for hydroxylation is 1. The Kier molecular flexibility index (Phi) is 6.21. The second-order valence-corrected chi connectivity index (χ2v) is 4.24. The Balaban J connectivity index is 2.91. The van der Waals surface area contributed by atoms with Gasteiger partial charge < -0.3 is 10.0 Å². The van der Waals surface area contributed by atoms with Crippen molar-refractivity contribution in [2.75, 3.05) is 19.7 Å². The van der Waals surface area contributed by atoms with Crippen molar-refractivity contribution in [1.82, 2.24) is 14.7 Å². The fraction of sp³-hybridized carbons (Fsp3) is 0.615. The molecule has 1 amide bonds. The number of aliphatic hydroxyl groups excluding tert-OH is 1. The molecule has 0 radical (unpaired) electrons. The predicted octanol–water partition coefficient (Wildman–Crippen LogP) is 0.498. The van der Waals surface area contributed by atoms with Gasteiger partial charge in [0.15, 0.2) is 0 Å². The van der Waals surface area contributed by atoms with Crippen LogP contribution >= 0.6 is 0 Å². The second kappa shape index (κ2) is 7.68. The summed E-state index contributed by atoms with van der Waals surface area (Å²) in [5.74, 6) is -0.208. The number of hydrogen-bond donors (Lipinski definition) is 1. The quantitative estimate of drug-likeness (QED) is 0.780. The molecule has 1 heterocycles. The lowest BCUT2D eigenvalue weighted by atomic mass is 10.3. The smallest absolute Gasteiger partial charge is 0.274 e. The van der Waals surface area contributed by atoms with Crippen LogP contribution in [0.3, 0.4) is 0 Å². The standard InChI is InChI=1S/C13H21N3O3/c1-3-8-16-12(18)7-6-11(14-16)13(19)15(4-2)9-5-10-17/h6-7,17H,3-5,8-10H2,1-2H3. The van der Waals surface area contributed by atoms with E-state index >= 15 is 0 Å². The van der Waals surface area contributed by atoms with Crippen molar-refractivity contribution in [3.05, 3.63) is 28.2 Å². The summed E-state index contributed by atoms with van der Waals surface area (Å²) in [7, 11) is 0. The number of hydrogen-bond acceptors (Lipinski definition) is 4. The molecule has 6 nitrogen and oxygen atoms in total. The average Bonchev–Trinajstić information content (AvgIpc) is 2.42. The number of carbonyl (C=O) groups excluding carboxylic acids is 1. The van der Waals surface area contributed by atoms with E-state index in [9.17, 15) is 9.59 Å². The van der Waals surface area contributed by atoms with Crippen molar-refractivity contribution in [2.45, 2.75) is 33.2 Å². The van der Waals surface area contributed by atoms with Gasteiger partial charge in [0.25, 0.3) is 11.5 Å². The zero-order valence-corrected chi connectivity index (χ0v) is 11.5.